The number of phenols is 1. The number of hydrogen-bond donors (Lipinski definition) is 3. The van der Waals surface area contributed by atoms with Crippen molar-refractivity contribution in [2.75, 3.05) is 25.6 Å². The number of hydrogen-bond acceptors (Lipinski definition) is 5. The van der Waals surface area contributed by atoms with Crippen molar-refractivity contribution in [1.29, 1.82) is 0 Å². The third-order valence-electron chi connectivity index (χ3n) is 4.33. The molecule has 0 unspecified atom stereocenters. The Hall–Kier alpha value is -2.57. The minimum absolute atomic E-state index is 0.0296. The van der Waals surface area contributed by atoms with Crippen LogP contribution in [0.1, 0.15) is 31.1 Å². The van der Waals surface area contributed by atoms with E-state index in [1.165, 1.54) is 5.56 Å². The molecule has 0 radical (unpaired) electrons. The summed E-state index contributed by atoms with van der Waals surface area (Å²) in [6, 6.07) is 13.4. The van der Waals surface area contributed by atoms with Crippen molar-refractivity contribution in [2.24, 2.45) is 0 Å². The lowest BCUT2D eigenvalue weighted by Crippen LogP contribution is -2.33. The van der Waals surface area contributed by atoms with Crippen LogP contribution in [-0.4, -0.2) is 37.8 Å². The molecule has 0 heterocycles. The van der Waals surface area contributed by atoms with Crippen LogP contribution in [0.5, 0.6) is 11.5 Å². The van der Waals surface area contributed by atoms with Crippen LogP contribution in [0, 0.1) is 0 Å². The molecule has 6 heteroatoms. The van der Waals surface area contributed by atoms with Gasteiger partial charge in [-0.05, 0) is 55.7 Å². The summed E-state index contributed by atoms with van der Waals surface area (Å²) in [7, 11) is 1.66. The lowest BCUT2D eigenvalue weighted by molar-refractivity contribution is -0.105. The molecule has 2 atom stereocenters. The number of rotatable bonds is 11. The summed E-state index contributed by atoms with van der Waals surface area (Å²) < 4.78 is 11.0. The molecule has 0 aliphatic carbocycles. The van der Waals surface area contributed by atoms with Gasteiger partial charge in [-0.15, -0.1) is 0 Å². The number of methoxy groups -OCH3 is 1. The molecule has 27 heavy (non-hydrogen) atoms. The number of amides is 1. The van der Waals surface area contributed by atoms with E-state index in [4.69, 9.17) is 9.47 Å². The van der Waals surface area contributed by atoms with Crippen LogP contribution in [0.15, 0.2) is 42.5 Å². The van der Waals surface area contributed by atoms with Crippen molar-refractivity contribution in [3.63, 3.8) is 0 Å². The molecular weight excluding hydrogens is 344 g/mol. The van der Waals surface area contributed by atoms with E-state index in [-0.39, 0.29) is 17.9 Å². The Labute approximate surface area is 160 Å². The first kappa shape index (κ1) is 20.7. The number of benzene rings is 2. The first-order chi connectivity index (χ1) is 13.1. The molecule has 0 aliphatic rings. The van der Waals surface area contributed by atoms with Gasteiger partial charge in [0.1, 0.15) is 11.5 Å². The monoisotopic (exact) mass is 372 g/mol. The number of ether oxygens (including phenoxy) is 2. The number of carbonyl (C=O) groups is 1. The quantitative estimate of drug-likeness (QED) is 0.417. The second-order valence-corrected chi connectivity index (χ2v) is 6.34. The second-order valence-electron chi connectivity index (χ2n) is 6.34. The lowest BCUT2D eigenvalue weighted by atomic mass is 10.0. The van der Waals surface area contributed by atoms with E-state index in [9.17, 15) is 9.90 Å². The zero-order valence-electron chi connectivity index (χ0n) is 16.1. The lowest BCUT2D eigenvalue weighted by Gasteiger charge is -2.22. The van der Waals surface area contributed by atoms with Crippen LogP contribution in [0.25, 0.3) is 0 Å². The van der Waals surface area contributed by atoms with Gasteiger partial charge in [0.05, 0.1) is 18.9 Å². The normalized spacial score (nSPS) is 13.0. The van der Waals surface area contributed by atoms with Gasteiger partial charge in [-0.2, -0.15) is 0 Å². The van der Waals surface area contributed by atoms with Crippen LogP contribution in [0.4, 0.5) is 5.69 Å². The SMILES string of the molecule is CCO[C@H](CN[C@@H](C)Cc1ccc(OC)cc1)c1ccc(O)c(NC=O)c1. The molecule has 0 saturated heterocycles. The van der Waals surface area contributed by atoms with Gasteiger partial charge in [0.2, 0.25) is 6.41 Å². The van der Waals surface area contributed by atoms with Gasteiger partial charge in [0.15, 0.2) is 0 Å². The average molecular weight is 372 g/mol. The molecule has 2 rings (SSSR count). The molecule has 2 aromatic carbocycles. The highest BCUT2D eigenvalue weighted by Gasteiger charge is 2.15. The Balaban J connectivity index is 1.98. The molecule has 0 bridgehead atoms. The molecular formula is C21H28N2O4. The number of anilines is 1. The molecule has 0 saturated carbocycles. The van der Waals surface area contributed by atoms with Crippen LogP contribution in [-0.2, 0) is 16.0 Å². The van der Waals surface area contributed by atoms with E-state index in [0.29, 0.717) is 25.2 Å². The summed E-state index contributed by atoms with van der Waals surface area (Å²) in [4.78, 5) is 10.7. The van der Waals surface area contributed by atoms with Crippen molar-refractivity contribution in [2.45, 2.75) is 32.4 Å². The largest absolute Gasteiger partial charge is 0.506 e. The fourth-order valence-corrected chi connectivity index (χ4v) is 2.90. The Morgan fingerprint density at radius 3 is 2.56 bits per heavy atom. The Morgan fingerprint density at radius 2 is 1.93 bits per heavy atom. The van der Waals surface area contributed by atoms with Gasteiger partial charge in [-0.1, -0.05) is 18.2 Å². The summed E-state index contributed by atoms with van der Waals surface area (Å²) in [5, 5.41) is 15.8. The maximum absolute atomic E-state index is 10.7. The van der Waals surface area contributed by atoms with Crippen molar-refractivity contribution < 1.29 is 19.4 Å². The highest BCUT2D eigenvalue weighted by atomic mass is 16.5. The van der Waals surface area contributed by atoms with E-state index in [2.05, 4.69) is 29.7 Å². The Kier molecular flexibility index (Phi) is 8.10. The van der Waals surface area contributed by atoms with Crippen molar-refractivity contribution in [3.05, 3.63) is 53.6 Å². The summed E-state index contributed by atoms with van der Waals surface area (Å²) in [5.41, 5.74) is 2.49. The van der Waals surface area contributed by atoms with Gasteiger partial charge in [-0.3, -0.25) is 4.79 Å². The summed E-state index contributed by atoms with van der Waals surface area (Å²) in [6.45, 7) is 5.26. The number of nitrogens with one attached hydrogen (secondary N) is 2. The Morgan fingerprint density at radius 1 is 1.19 bits per heavy atom. The number of phenolic OH excluding ortho intramolecular Hbond substituents is 1. The predicted octanol–water partition coefficient (Wildman–Crippen LogP) is 3.27. The van der Waals surface area contributed by atoms with Crippen molar-refractivity contribution in [3.8, 4) is 11.5 Å². The highest BCUT2D eigenvalue weighted by molar-refractivity contribution is 5.75. The van der Waals surface area contributed by atoms with Gasteiger partial charge in [-0.25, -0.2) is 0 Å². The van der Waals surface area contributed by atoms with Crippen LogP contribution in [0.3, 0.4) is 0 Å². The second kappa shape index (κ2) is 10.5. The zero-order valence-corrected chi connectivity index (χ0v) is 16.1. The summed E-state index contributed by atoms with van der Waals surface area (Å²) in [6.07, 6.45) is 1.25. The molecule has 0 aliphatic heterocycles. The highest BCUT2D eigenvalue weighted by Crippen LogP contribution is 2.28. The Bertz CT molecular complexity index is 719. The maximum Gasteiger partial charge on any atom is 0.211 e. The van der Waals surface area contributed by atoms with Crippen LogP contribution < -0.4 is 15.4 Å². The molecule has 0 fully saturated rings. The van der Waals surface area contributed by atoms with E-state index in [1.54, 1.807) is 19.2 Å². The molecule has 0 aromatic heterocycles. The minimum atomic E-state index is -0.180. The van der Waals surface area contributed by atoms with Gasteiger partial charge in [0, 0.05) is 19.2 Å². The van der Waals surface area contributed by atoms with Gasteiger partial charge in [0.25, 0.3) is 0 Å². The van der Waals surface area contributed by atoms with E-state index >= 15 is 0 Å². The van der Waals surface area contributed by atoms with E-state index in [1.807, 2.05) is 25.1 Å². The minimum Gasteiger partial charge on any atom is -0.506 e. The third-order valence-corrected chi connectivity index (χ3v) is 4.33. The number of carbonyl (C=O) groups excluding carboxylic acids is 1. The van der Waals surface area contributed by atoms with Gasteiger partial charge < -0.3 is 25.2 Å². The third kappa shape index (κ3) is 6.27. The zero-order chi connectivity index (χ0) is 19.6. The fourth-order valence-electron chi connectivity index (χ4n) is 2.90. The maximum atomic E-state index is 10.7. The predicted molar refractivity (Wildman–Crippen MR) is 106 cm³/mol. The smallest absolute Gasteiger partial charge is 0.211 e. The van der Waals surface area contributed by atoms with Gasteiger partial charge >= 0.3 is 0 Å². The van der Waals surface area contributed by atoms with E-state index < -0.39 is 0 Å². The van der Waals surface area contributed by atoms with Crippen molar-refractivity contribution in [1.82, 2.24) is 5.32 Å². The molecule has 6 nitrogen and oxygen atoms in total. The standard InChI is InChI=1S/C21H28N2O4/c1-4-27-21(17-7-10-20(25)19(12-17)23-14-24)13-22-15(2)11-16-5-8-18(26-3)9-6-16/h5-10,12,14-15,21-22,25H,4,11,13H2,1-3H3,(H,23,24)/t15-,21+/m0/s1. The van der Waals surface area contributed by atoms with Crippen LogP contribution >= 0.6 is 0 Å². The molecule has 0 spiro atoms. The first-order valence-corrected chi connectivity index (χ1v) is 9.08. The fraction of sp³-hybridized carbons (Fsp3) is 0.381. The topological polar surface area (TPSA) is 79.8 Å². The molecule has 1 amide bonds. The number of aromatic hydroxyl groups is 1. The van der Waals surface area contributed by atoms with Crippen molar-refractivity contribution >= 4 is 12.1 Å². The summed E-state index contributed by atoms with van der Waals surface area (Å²) >= 11 is 0. The average Bonchev–Trinajstić information content (AvgIpc) is 2.68. The molecule has 2 aromatic rings. The summed E-state index contributed by atoms with van der Waals surface area (Å²) in [5.74, 6) is 0.879. The molecule has 146 valence electrons. The van der Waals surface area contributed by atoms with E-state index in [0.717, 1.165) is 17.7 Å². The molecule has 3 N–H and O–H groups in total. The first-order valence-electron chi connectivity index (χ1n) is 9.08. The van der Waals surface area contributed by atoms with Crippen LogP contribution in [0.2, 0.25) is 0 Å².